The van der Waals surface area contributed by atoms with Crippen molar-refractivity contribution in [1.29, 1.82) is 5.26 Å². The molecule has 2 N–H and O–H groups in total. The molecular weight excluding hydrogens is 364 g/mol. The van der Waals surface area contributed by atoms with E-state index in [-0.39, 0.29) is 19.9 Å². The van der Waals surface area contributed by atoms with Crippen molar-refractivity contribution in [3.63, 3.8) is 0 Å². The van der Waals surface area contributed by atoms with E-state index in [9.17, 15) is 9.59 Å². The predicted octanol–water partition coefficient (Wildman–Crippen LogP) is 2.43. The number of nitrogens with zero attached hydrogens (tertiary/aromatic N) is 2. The maximum absolute atomic E-state index is 12.2. The van der Waals surface area contributed by atoms with Gasteiger partial charge in [-0.25, -0.2) is 9.59 Å². The summed E-state index contributed by atoms with van der Waals surface area (Å²) in [7, 11) is 0. The Balaban J connectivity index is 1.33. The third kappa shape index (κ3) is 3.48. The van der Waals surface area contributed by atoms with E-state index in [0.29, 0.717) is 28.4 Å². The molecule has 4 rings (SSSR count). The Morgan fingerprint density at radius 3 is 2.89 bits per heavy atom. The van der Waals surface area contributed by atoms with Gasteiger partial charge in [0.05, 0.1) is 30.0 Å². The molecule has 2 aliphatic rings. The zero-order valence-corrected chi connectivity index (χ0v) is 14.7. The Bertz CT molecular complexity index is 971. The van der Waals surface area contributed by atoms with Crippen molar-refractivity contribution in [3.05, 3.63) is 48.0 Å². The fourth-order valence-corrected chi connectivity index (χ4v) is 2.95. The van der Waals surface area contributed by atoms with Crippen LogP contribution in [0.2, 0.25) is 0 Å². The van der Waals surface area contributed by atoms with Crippen LogP contribution in [0.1, 0.15) is 5.56 Å². The first-order chi connectivity index (χ1) is 13.6. The van der Waals surface area contributed by atoms with Crippen LogP contribution in [0.25, 0.3) is 0 Å². The maximum atomic E-state index is 12.2. The summed E-state index contributed by atoms with van der Waals surface area (Å²) in [5.74, 6) is 1.20. The highest BCUT2D eigenvalue weighted by Gasteiger charge is 2.33. The minimum absolute atomic E-state index is 0.132. The number of rotatable bonds is 4. The van der Waals surface area contributed by atoms with Crippen LogP contribution in [0.3, 0.4) is 0 Å². The molecule has 2 aromatic carbocycles. The van der Waals surface area contributed by atoms with Gasteiger partial charge in [-0.15, -0.1) is 0 Å². The Hall–Kier alpha value is -3.93. The van der Waals surface area contributed by atoms with Gasteiger partial charge in [-0.1, -0.05) is 12.1 Å². The lowest BCUT2D eigenvalue weighted by molar-refractivity contribution is 0.141. The Labute approximate surface area is 160 Å². The Kier molecular flexibility index (Phi) is 4.60. The molecule has 2 aromatic rings. The van der Waals surface area contributed by atoms with Crippen molar-refractivity contribution in [2.24, 2.45) is 0 Å². The molecule has 9 heteroatoms. The number of fused-ring (bicyclic) bond motifs is 1. The molecule has 0 aromatic heterocycles. The Morgan fingerprint density at radius 1 is 1.21 bits per heavy atom. The number of nitrogens with one attached hydrogen (secondary N) is 2. The van der Waals surface area contributed by atoms with Gasteiger partial charge in [0.1, 0.15) is 12.2 Å². The van der Waals surface area contributed by atoms with Gasteiger partial charge in [-0.05, 0) is 24.3 Å². The number of hydrogen-bond acceptors (Lipinski definition) is 6. The van der Waals surface area contributed by atoms with Gasteiger partial charge < -0.3 is 24.8 Å². The highest BCUT2D eigenvalue weighted by atomic mass is 16.7. The third-order valence-electron chi connectivity index (χ3n) is 4.33. The van der Waals surface area contributed by atoms with Crippen LogP contribution in [-0.2, 0) is 4.74 Å². The largest absolute Gasteiger partial charge is 0.454 e. The minimum atomic E-state index is -0.505. The zero-order chi connectivity index (χ0) is 19.5. The van der Waals surface area contributed by atoms with E-state index >= 15 is 0 Å². The molecule has 0 unspecified atom stereocenters. The van der Waals surface area contributed by atoms with E-state index in [1.807, 2.05) is 6.07 Å². The second kappa shape index (κ2) is 7.36. The number of carbonyl (C=O) groups is 2. The lowest BCUT2D eigenvalue weighted by Gasteiger charge is -2.14. The molecule has 2 aliphatic heterocycles. The summed E-state index contributed by atoms with van der Waals surface area (Å²) in [6, 6.07) is 13.4. The molecule has 1 atom stereocenters. The standard InChI is InChI=1S/C19H16N4O5/c20-8-12-3-1-2-4-15(12)22-18(24)21-9-14-10-23(19(25)28-14)13-5-6-16-17(7-13)27-11-26-16/h1-7,14H,9-11H2,(H2,21,22,24)/t14-/m1/s1. The molecule has 0 bridgehead atoms. The van der Waals surface area contributed by atoms with E-state index < -0.39 is 18.2 Å². The van der Waals surface area contributed by atoms with E-state index in [1.54, 1.807) is 42.5 Å². The normalized spacial score (nSPS) is 17.0. The summed E-state index contributed by atoms with van der Waals surface area (Å²) >= 11 is 0. The van der Waals surface area contributed by atoms with Crippen LogP contribution < -0.4 is 25.0 Å². The molecule has 9 nitrogen and oxygen atoms in total. The number of urea groups is 1. The zero-order valence-electron chi connectivity index (χ0n) is 14.7. The highest BCUT2D eigenvalue weighted by molar-refractivity contribution is 5.92. The summed E-state index contributed by atoms with van der Waals surface area (Å²) < 4.78 is 15.9. The van der Waals surface area contributed by atoms with Crippen LogP contribution in [0.5, 0.6) is 11.5 Å². The molecule has 142 valence electrons. The van der Waals surface area contributed by atoms with Gasteiger partial charge in [0.2, 0.25) is 6.79 Å². The van der Waals surface area contributed by atoms with E-state index in [2.05, 4.69) is 10.6 Å². The first-order valence-corrected chi connectivity index (χ1v) is 8.56. The first-order valence-electron chi connectivity index (χ1n) is 8.56. The molecule has 2 heterocycles. The van der Waals surface area contributed by atoms with Gasteiger partial charge >= 0.3 is 12.1 Å². The Morgan fingerprint density at radius 2 is 2.04 bits per heavy atom. The topological polar surface area (TPSA) is 113 Å². The molecule has 0 saturated carbocycles. The molecule has 1 saturated heterocycles. The van der Waals surface area contributed by atoms with Crippen molar-refractivity contribution in [2.75, 3.05) is 30.1 Å². The van der Waals surface area contributed by atoms with Crippen LogP contribution in [0.4, 0.5) is 21.0 Å². The average Bonchev–Trinajstić information content (AvgIpc) is 3.32. The number of para-hydroxylation sites is 1. The van der Waals surface area contributed by atoms with Crippen molar-refractivity contribution in [3.8, 4) is 17.6 Å². The minimum Gasteiger partial charge on any atom is -0.454 e. The van der Waals surface area contributed by atoms with Crippen LogP contribution in [-0.4, -0.2) is 38.1 Å². The summed E-state index contributed by atoms with van der Waals surface area (Å²) in [6.07, 6.45) is -1.00. The van der Waals surface area contributed by atoms with Crippen molar-refractivity contribution in [1.82, 2.24) is 5.32 Å². The monoisotopic (exact) mass is 380 g/mol. The second-order valence-electron chi connectivity index (χ2n) is 6.15. The summed E-state index contributed by atoms with van der Waals surface area (Å²) in [5.41, 5.74) is 1.40. The van der Waals surface area contributed by atoms with Crippen molar-refractivity contribution >= 4 is 23.5 Å². The van der Waals surface area contributed by atoms with Crippen molar-refractivity contribution in [2.45, 2.75) is 6.10 Å². The van der Waals surface area contributed by atoms with E-state index in [1.165, 1.54) is 4.90 Å². The van der Waals surface area contributed by atoms with Gasteiger partial charge in [0, 0.05) is 6.07 Å². The molecular formula is C19H16N4O5. The molecule has 28 heavy (non-hydrogen) atoms. The van der Waals surface area contributed by atoms with Crippen molar-refractivity contribution < 1.29 is 23.8 Å². The van der Waals surface area contributed by atoms with Gasteiger partial charge in [-0.3, -0.25) is 4.90 Å². The predicted molar refractivity (Wildman–Crippen MR) is 98.4 cm³/mol. The fraction of sp³-hybridized carbons (Fsp3) is 0.211. The summed E-state index contributed by atoms with van der Waals surface area (Å²) in [4.78, 5) is 25.7. The number of ether oxygens (including phenoxy) is 3. The van der Waals surface area contributed by atoms with Gasteiger partial charge in [0.25, 0.3) is 0 Å². The van der Waals surface area contributed by atoms with Crippen LogP contribution >= 0.6 is 0 Å². The molecule has 0 spiro atoms. The third-order valence-corrected chi connectivity index (χ3v) is 4.33. The summed E-state index contributed by atoms with van der Waals surface area (Å²) in [6.45, 7) is 0.570. The first kappa shape index (κ1) is 17.5. The average molecular weight is 380 g/mol. The molecule has 0 radical (unpaired) electrons. The van der Waals surface area contributed by atoms with E-state index in [4.69, 9.17) is 19.5 Å². The quantitative estimate of drug-likeness (QED) is 0.842. The highest BCUT2D eigenvalue weighted by Crippen LogP contribution is 2.36. The lowest BCUT2D eigenvalue weighted by Crippen LogP contribution is -2.37. The van der Waals surface area contributed by atoms with E-state index in [0.717, 1.165) is 0 Å². The number of nitriles is 1. The number of cyclic esters (lactones) is 1. The molecule has 1 fully saturated rings. The number of carbonyl (C=O) groups excluding carboxylic acids is 2. The molecule has 0 aliphatic carbocycles. The number of hydrogen-bond donors (Lipinski definition) is 2. The fourth-order valence-electron chi connectivity index (χ4n) is 2.95. The molecule has 3 amide bonds. The SMILES string of the molecule is N#Cc1ccccc1NC(=O)NC[C@@H]1CN(c2ccc3c(c2)OCO3)C(=O)O1. The number of amides is 3. The number of anilines is 2. The smallest absolute Gasteiger partial charge is 0.414 e. The maximum Gasteiger partial charge on any atom is 0.414 e. The lowest BCUT2D eigenvalue weighted by atomic mass is 10.2. The van der Waals surface area contributed by atoms with Crippen LogP contribution in [0, 0.1) is 11.3 Å². The number of benzene rings is 2. The summed E-state index contributed by atoms with van der Waals surface area (Å²) in [5, 5.41) is 14.3. The van der Waals surface area contributed by atoms with Gasteiger partial charge in [0.15, 0.2) is 11.5 Å². The van der Waals surface area contributed by atoms with Gasteiger partial charge in [-0.2, -0.15) is 5.26 Å². The van der Waals surface area contributed by atoms with Crippen LogP contribution in [0.15, 0.2) is 42.5 Å². The second-order valence-corrected chi connectivity index (χ2v) is 6.15.